The zero-order valence-corrected chi connectivity index (χ0v) is 17.8. The molecular formula is C22H44O4. The molecule has 4 heteroatoms. The minimum Gasteiger partial charge on any atom is -0.481 e. The molecule has 0 aromatic carbocycles. The predicted octanol–water partition coefficient (Wildman–Crippen LogP) is 6.92. The van der Waals surface area contributed by atoms with Gasteiger partial charge in [-0.1, -0.05) is 91.9 Å². The van der Waals surface area contributed by atoms with Crippen LogP contribution in [-0.2, 0) is 9.59 Å². The second-order valence-electron chi connectivity index (χ2n) is 7.35. The summed E-state index contributed by atoms with van der Waals surface area (Å²) in [7, 11) is 0. The molecule has 0 aromatic rings. The van der Waals surface area contributed by atoms with Crippen molar-refractivity contribution in [1.82, 2.24) is 0 Å². The molecule has 0 heterocycles. The van der Waals surface area contributed by atoms with Crippen molar-refractivity contribution in [2.45, 2.75) is 118 Å². The molecule has 156 valence electrons. The van der Waals surface area contributed by atoms with E-state index in [-0.39, 0.29) is 11.8 Å². The summed E-state index contributed by atoms with van der Waals surface area (Å²) in [6.07, 6.45) is 14.8. The van der Waals surface area contributed by atoms with Gasteiger partial charge in [0.05, 0.1) is 11.8 Å². The van der Waals surface area contributed by atoms with Gasteiger partial charge in [0.2, 0.25) is 0 Å². The van der Waals surface area contributed by atoms with Crippen LogP contribution in [0.3, 0.4) is 0 Å². The Kier molecular flexibility index (Phi) is 21.2. The van der Waals surface area contributed by atoms with Crippen LogP contribution < -0.4 is 0 Å². The summed E-state index contributed by atoms with van der Waals surface area (Å²) in [6.45, 7) is 8.42. The molecule has 26 heavy (non-hydrogen) atoms. The molecule has 2 atom stereocenters. The van der Waals surface area contributed by atoms with Crippen molar-refractivity contribution in [3.63, 3.8) is 0 Å². The maximum atomic E-state index is 10.8. The van der Waals surface area contributed by atoms with Gasteiger partial charge in [-0.15, -0.1) is 0 Å². The highest BCUT2D eigenvalue weighted by molar-refractivity contribution is 5.70. The lowest BCUT2D eigenvalue weighted by Gasteiger charge is -2.09. The van der Waals surface area contributed by atoms with E-state index in [1.807, 2.05) is 13.8 Å². The molecule has 0 bridgehead atoms. The van der Waals surface area contributed by atoms with Crippen LogP contribution in [0.15, 0.2) is 0 Å². The summed E-state index contributed by atoms with van der Waals surface area (Å²) in [4.78, 5) is 21.5. The SMILES string of the molecule is CCCCCC[C@@H](CCC)C(=O)O.CCCCCC[C@@H](CCC)C(=O)O. The van der Waals surface area contributed by atoms with E-state index in [9.17, 15) is 9.59 Å². The van der Waals surface area contributed by atoms with E-state index in [0.29, 0.717) is 0 Å². The van der Waals surface area contributed by atoms with E-state index in [0.717, 1.165) is 51.4 Å². The molecule has 2 N–H and O–H groups in total. The highest BCUT2D eigenvalue weighted by atomic mass is 16.4. The van der Waals surface area contributed by atoms with E-state index in [2.05, 4.69) is 13.8 Å². The summed E-state index contributed by atoms with van der Waals surface area (Å²) in [5.74, 6) is -1.42. The van der Waals surface area contributed by atoms with E-state index in [1.165, 1.54) is 38.5 Å². The number of unbranched alkanes of at least 4 members (excludes halogenated alkanes) is 6. The fourth-order valence-electron chi connectivity index (χ4n) is 3.11. The van der Waals surface area contributed by atoms with Crippen LogP contribution in [0.2, 0.25) is 0 Å². The number of hydrogen-bond donors (Lipinski definition) is 2. The Morgan fingerprint density at radius 2 is 0.885 bits per heavy atom. The minimum absolute atomic E-state index is 0.0955. The zero-order valence-electron chi connectivity index (χ0n) is 17.8. The van der Waals surface area contributed by atoms with Gasteiger partial charge >= 0.3 is 11.9 Å². The number of hydrogen-bond acceptors (Lipinski definition) is 2. The van der Waals surface area contributed by atoms with Crippen molar-refractivity contribution in [2.75, 3.05) is 0 Å². The van der Waals surface area contributed by atoms with Gasteiger partial charge < -0.3 is 10.2 Å². The smallest absolute Gasteiger partial charge is 0.306 e. The molecule has 0 radical (unpaired) electrons. The standard InChI is InChI=1S/2C11H22O2/c2*1-3-5-6-7-9-10(8-4-2)11(12)13/h2*10H,3-9H2,1-2H3,(H,12,13)/t2*10-/m11/s1. The van der Waals surface area contributed by atoms with Crippen molar-refractivity contribution in [3.8, 4) is 0 Å². The van der Waals surface area contributed by atoms with E-state index in [1.54, 1.807) is 0 Å². The van der Waals surface area contributed by atoms with Crippen molar-refractivity contribution in [2.24, 2.45) is 11.8 Å². The fraction of sp³-hybridized carbons (Fsp3) is 0.909. The molecule has 0 spiro atoms. The van der Waals surface area contributed by atoms with E-state index < -0.39 is 11.9 Å². The van der Waals surface area contributed by atoms with Crippen LogP contribution in [0.4, 0.5) is 0 Å². The second kappa shape index (κ2) is 20.3. The average Bonchev–Trinajstić information content (AvgIpc) is 2.60. The molecule has 0 aliphatic carbocycles. The Labute approximate surface area is 161 Å². The van der Waals surface area contributed by atoms with Gasteiger partial charge in [-0.05, 0) is 25.7 Å². The predicted molar refractivity (Wildman–Crippen MR) is 110 cm³/mol. The third-order valence-corrected chi connectivity index (χ3v) is 4.79. The lowest BCUT2D eigenvalue weighted by Crippen LogP contribution is -2.13. The van der Waals surface area contributed by atoms with Gasteiger partial charge in [0, 0.05) is 0 Å². The normalized spacial score (nSPS) is 12.8. The Morgan fingerprint density at radius 1 is 0.538 bits per heavy atom. The number of aliphatic carboxylic acids is 2. The first-order chi connectivity index (χ1) is 12.4. The number of carbonyl (C=O) groups is 2. The molecule has 0 aliphatic heterocycles. The van der Waals surface area contributed by atoms with Gasteiger partial charge in [-0.25, -0.2) is 0 Å². The van der Waals surface area contributed by atoms with Gasteiger partial charge in [-0.3, -0.25) is 9.59 Å². The fourth-order valence-corrected chi connectivity index (χ4v) is 3.11. The Balaban J connectivity index is 0. The van der Waals surface area contributed by atoms with Crippen LogP contribution >= 0.6 is 0 Å². The summed E-state index contributed by atoms with van der Waals surface area (Å²) in [6, 6.07) is 0. The molecule has 0 aromatic heterocycles. The second-order valence-corrected chi connectivity index (χ2v) is 7.35. The maximum absolute atomic E-state index is 10.8. The monoisotopic (exact) mass is 372 g/mol. The van der Waals surface area contributed by atoms with Gasteiger partial charge in [0.15, 0.2) is 0 Å². The molecule has 0 fully saturated rings. The minimum atomic E-state index is -0.613. The largest absolute Gasteiger partial charge is 0.481 e. The summed E-state index contributed by atoms with van der Waals surface area (Å²) >= 11 is 0. The third-order valence-electron chi connectivity index (χ3n) is 4.79. The van der Waals surface area contributed by atoms with Crippen LogP contribution in [0.1, 0.15) is 118 Å². The van der Waals surface area contributed by atoms with Crippen LogP contribution in [-0.4, -0.2) is 22.2 Å². The van der Waals surface area contributed by atoms with Gasteiger partial charge in [0.25, 0.3) is 0 Å². The first-order valence-electron chi connectivity index (χ1n) is 10.9. The molecule has 0 rings (SSSR count). The average molecular weight is 373 g/mol. The van der Waals surface area contributed by atoms with Gasteiger partial charge in [0.1, 0.15) is 0 Å². The highest BCUT2D eigenvalue weighted by Gasteiger charge is 2.15. The Morgan fingerprint density at radius 3 is 1.12 bits per heavy atom. The molecule has 0 saturated heterocycles. The highest BCUT2D eigenvalue weighted by Crippen LogP contribution is 2.17. The zero-order chi connectivity index (χ0) is 20.2. The lowest BCUT2D eigenvalue weighted by atomic mass is 9.96. The number of rotatable bonds is 16. The summed E-state index contributed by atoms with van der Waals surface area (Å²) < 4.78 is 0. The van der Waals surface area contributed by atoms with Crippen molar-refractivity contribution >= 4 is 11.9 Å². The van der Waals surface area contributed by atoms with E-state index in [4.69, 9.17) is 10.2 Å². The summed E-state index contributed by atoms with van der Waals surface area (Å²) in [5, 5.41) is 17.7. The van der Waals surface area contributed by atoms with Crippen LogP contribution in [0.5, 0.6) is 0 Å². The molecule has 0 amide bonds. The third kappa shape index (κ3) is 17.8. The van der Waals surface area contributed by atoms with Crippen molar-refractivity contribution in [3.05, 3.63) is 0 Å². The molecular weight excluding hydrogens is 328 g/mol. The Bertz CT molecular complexity index is 296. The van der Waals surface area contributed by atoms with Crippen molar-refractivity contribution < 1.29 is 19.8 Å². The quantitative estimate of drug-likeness (QED) is 0.288. The topological polar surface area (TPSA) is 74.6 Å². The first kappa shape index (κ1) is 27.2. The van der Waals surface area contributed by atoms with Crippen LogP contribution in [0.25, 0.3) is 0 Å². The first-order valence-corrected chi connectivity index (χ1v) is 10.9. The van der Waals surface area contributed by atoms with Crippen LogP contribution in [0, 0.1) is 11.8 Å². The molecule has 0 saturated carbocycles. The summed E-state index contributed by atoms with van der Waals surface area (Å²) in [5.41, 5.74) is 0. The maximum Gasteiger partial charge on any atom is 0.306 e. The van der Waals surface area contributed by atoms with Crippen molar-refractivity contribution in [1.29, 1.82) is 0 Å². The molecule has 0 aliphatic rings. The molecule has 0 unspecified atom stereocenters. The number of carboxylic acid groups (broad SMARTS) is 2. The van der Waals surface area contributed by atoms with Gasteiger partial charge in [-0.2, -0.15) is 0 Å². The lowest BCUT2D eigenvalue weighted by molar-refractivity contribution is -0.143. The molecule has 4 nitrogen and oxygen atoms in total. The van der Waals surface area contributed by atoms with E-state index >= 15 is 0 Å². The number of carboxylic acids is 2. The Hall–Kier alpha value is -1.06.